The van der Waals surface area contributed by atoms with Crippen molar-refractivity contribution in [3.8, 4) is 5.75 Å². The Morgan fingerprint density at radius 3 is 2.28 bits per heavy atom. The Kier molecular flexibility index (Phi) is 10.6. The Hall–Kier alpha value is -3.27. The lowest BCUT2D eigenvalue weighted by Gasteiger charge is -2.29. The molecule has 0 fully saturated rings. The summed E-state index contributed by atoms with van der Waals surface area (Å²) in [5.74, 6) is -0.349. The second kappa shape index (κ2) is 13.2. The first-order valence-electron chi connectivity index (χ1n) is 11.5. The molecule has 0 bridgehead atoms. The number of benzene rings is 2. The maximum absolute atomic E-state index is 13.2. The highest BCUT2D eigenvalue weighted by molar-refractivity contribution is 9.10. The van der Waals surface area contributed by atoms with Gasteiger partial charge in [-0.15, -0.1) is 5.06 Å². The molecule has 196 valence electrons. The summed E-state index contributed by atoms with van der Waals surface area (Å²) in [5, 5.41) is 13.0. The molecule has 1 atom stereocenters. The zero-order valence-corrected chi connectivity index (χ0v) is 22.7. The molecule has 2 aromatic rings. The number of ether oxygens (including phenoxy) is 2. The fourth-order valence-electron chi connectivity index (χ4n) is 2.96. The molecular formula is C26H33BrN2O7. The number of phenols is 1. The van der Waals surface area contributed by atoms with Crippen LogP contribution in [0.1, 0.15) is 45.7 Å². The molecule has 0 saturated carbocycles. The van der Waals surface area contributed by atoms with E-state index >= 15 is 0 Å². The van der Waals surface area contributed by atoms with Crippen molar-refractivity contribution < 1.29 is 33.8 Å². The first kappa shape index (κ1) is 29.0. The lowest BCUT2D eigenvalue weighted by atomic mass is 10.0. The molecule has 0 radical (unpaired) electrons. The third kappa shape index (κ3) is 9.77. The first-order chi connectivity index (χ1) is 16.9. The summed E-state index contributed by atoms with van der Waals surface area (Å²) in [6.45, 7) is 9.00. The summed E-state index contributed by atoms with van der Waals surface area (Å²) < 4.78 is 11.4. The number of carbonyl (C=O) groups excluding carboxylic acids is 3. The van der Waals surface area contributed by atoms with Crippen molar-refractivity contribution >= 4 is 34.1 Å². The van der Waals surface area contributed by atoms with Gasteiger partial charge in [-0.2, -0.15) is 0 Å². The molecule has 2 aromatic carbocycles. The van der Waals surface area contributed by atoms with Crippen molar-refractivity contribution in [1.82, 2.24) is 10.4 Å². The number of phenolic OH excluding ortho intramolecular Hbond substituents is 1. The lowest BCUT2D eigenvalue weighted by Crippen LogP contribution is -2.52. The Balaban J connectivity index is 2.36. The van der Waals surface area contributed by atoms with Crippen LogP contribution in [0.3, 0.4) is 0 Å². The first-order valence-corrected chi connectivity index (χ1v) is 12.3. The zero-order valence-electron chi connectivity index (χ0n) is 21.1. The number of hydrogen-bond acceptors (Lipinski definition) is 7. The van der Waals surface area contributed by atoms with Crippen LogP contribution in [0.4, 0.5) is 9.59 Å². The summed E-state index contributed by atoms with van der Waals surface area (Å²) in [5.41, 5.74) is 0.407. The van der Waals surface area contributed by atoms with Crippen LogP contribution in [-0.2, 0) is 32.1 Å². The van der Waals surface area contributed by atoms with Gasteiger partial charge in [-0.1, -0.05) is 60.1 Å². The molecule has 0 aromatic heterocycles. The molecule has 9 nitrogen and oxygen atoms in total. The molecule has 0 aliphatic heterocycles. The minimum Gasteiger partial charge on any atom is -0.508 e. The van der Waals surface area contributed by atoms with Crippen molar-refractivity contribution in [2.45, 2.75) is 59.3 Å². The van der Waals surface area contributed by atoms with Gasteiger partial charge < -0.3 is 19.9 Å². The quantitative estimate of drug-likeness (QED) is 0.328. The zero-order chi connectivity index (χ0) is 26.9. The van der Waals surface area contributed by atoms with E-state index in [2.05, 4.69) is 21.2 Å². The molecule has 36 heavy (non-hydrogen) atoms. The van der Waals surface area contributed by atoms with Crippen molar-refractivity contribution in [3.05, 3.63) is 64.1 Å². The normalized spacial score (nSPS) is 12.0. The number of nitrogens with zero attached hydrogens (tertiary/aromatic N) is 1. The number of aromatic hydroxyl groups is 1. The number of halogens is 1. The van der Waals surface area contributed by atoms with E-state index in [9.17, 15) is 19.5 Å². The maximum atomic E-state index is 13.2. The van der Waals surface area contributed by atoms with Crippen LogP contribution in [0.25, 0.3) is 0 Å². The SMILES string of the molecule is CC(C)CNC(=O)[C@H](Cc1ccc(O)cc1)N(OC(=O)OC(C)(C)C)C(=O)OCc1ccccc1Br. The molecule has 0 saturated heterocycles. The van der Waals surface area contributed by atoms with Crippen LogP contribution < -0.4 is 5.32 Å². The van der Waals surface area contributed by atoms with Crippen molar-refractivity contribution in [1.29, 1.82) is 0 Å². The van der Waals surface area contributed by atoms with Gasteiger partial charge in [-0.3, -0.25) is 9.63 Å². The van der Waals surface area contributed by atoms with E-state index in [1.807, 2.05) is 19.9 Å². The van der Waals surface area contributed by atoms with Gasteiger partial charge in [0.05, 0.1) is 0 Å². The fourth-order valence-corrected chi connectivity index (χ4v) is 3.35. The number of carbonyl (C=O) groups is 3. The van der Waals surface area contributed by atoms with E-state index in [1.54, 1.807) is 51.1 Å². The van der Waals surface area contributed by atoms with Crippen LogP contribution in [-0.4, -0.2) is 46.5 Å². The third-order valence-electron chi connectivity index (χ3n) is 4.69. The minimum atomic E-state index is -1.27. The van der Waals surface area contributed by atoms with Gasteiger partial charge in [0, 0.05) is 23.0 Å². The standard InChI is InChI=1S/C26H33BrN2O7/c1-17(2)15-28-23(31)22(14-18-10-12-20(30)13-11-18)29(36-25(33)35-26(3,4)5)24(32)34-16-19-8-6-7-9-21(19)27/h6-13,17,22,30H,14-16H2,1-5H3,(H,28,31)/t22-/m0/s1. The smallest absolute Gasteiger partial charge is 0.508 e. The topological polar surface area (TPSA) is 114 Å². The molecule has 10 heteroatoms. The third-order valence-corrected chi connectivity index (χ3v) is 5.46. The molecule has 0 heterocycles. The summed E-state index contributed by atoms with van der Waals surface area (Å²) in [6, 6.07) is 12.0. The van der Waals surface area contributed by atoms with E-state index in [-0.39, 0.29) is 24.7 Å². The van der Waals surface area contributed by atoms with Gasteiger partial charge in [-0.05, 0) is 50.5 Å². The molecule has 2 amide bonds. The summed E-state index contributed by atoms with van der Waals surface area (Å²) in [7, 11) is 0. The molecule has 0 spiro atoms. The number of hydrogen-bond donors (Lipinski definition) is 2. The number of amides is 2. The van der Waals surface area contributed by atoms with Gasteiger partial charge in [-0.25, -0.2) is 9.59 Å². The number of rotatable bonds is 8. The summed E-state index contributed by atoms with van der Waals surface area (Å²) in [4.78, 5) is 44.2. The Labute approximate surface area is 219 Å². The Morgan fingerprint density at radius 1 is 1.06 bits per heavy atom. The predicted octanol–water partition coefficient (Wildman–Crippen LogP) is 5.34. The lowest BCUT2D eigenvalue weighted by molar-refractivity contribution is -0.161. The van der Waals surface area contributed by atoms with Crippen LogP contribution in [0, 0.1) is 5.92 Å². The maximum Gasteiger partial charge on any atom is 0.534 e. The highest BCUT2D eigenvalue weighted by Crippen LogP contribution is 2.20. The largest absolute Gasteiger partial charge is 0.534 e. The van der Waals surface area contributed by atoms with Crippen LogP contribution >= 0.6 is 15.9 Å². The van der Waals surface area contributed by atoms with Crippen LogP contribution in [0.2, 0.25) is 0 Å². The molecular weight excluding hydrogens is 532 g/mol. The van der Waals surface area contributed by atoms with Gasteiger partial charge in [0.25, 0.3) is 0 Å². The number of nitrogens with one attached hydrogen (secondary N) is 1. The minimum absolute atomic E-state index is 0.0167. The number of hydroxylamine groups is 2. The highest BCUT2D eigenvalue weighted by atomic mass is 79.9. The second-order valence-electron chi connectivity index (χ2n) is 9.55. The predicted molar refractivity (Wildman–Crippen MR) is 137 cm³/mol. The van der Waals surface area contributed by atoms with E-state index in [1.165, 1.54) is 12.1 Å². The van der Waals surface area contributed by atoms with Crippen molar-refractivity contribution in [2.75, 3.05) is 6.54 Å². The monoisotopic (exact) mass is 564 g/mol. The van der Waals surface area contributed by atoms with Gasteiger partial charge in [0.2, 0.25) is 5.91 Å². The average molecular weight is 565 g/mol. The molecule has 0 aliphatic carbocycles. The van der Waals surface area contributed by atoms with E-state index in [0.29, 0.717) is 22.7 Å². The van der Waals surface area contributed by atoms with Crippen molar-refractivity contribution in [3.63, 3.8) is 0 Å². The van der Waals surface area contributed by atoms with E-state index < -0.39 is 29.8 Å². The van der Waals surface area contributed by atoms with E-state index in [4.69, 9.17) is 14.3 Å². The van der Waals surface area contributed by atoms with Crippen molar-refractivity contribution in [2.24, 2.45) is 5.92 Å². The van der Waals surface area contributed by atoms with Crippen LogP contribution in [0.15, 0.2) is 53.0 Å². The van der Waals surface area contributed by atoms with Gasteiger partial charge in [0.1, 0.15) is 18.0 Å². The average Bonchev–Trinajstić information content (AvgIpc) is 2.79. The molecule has 0 aliphatic rings. The summed E-state index contributed by atoms with van der Waals surface area (Å²) in [6.07, 6.45) is -2.22. The Morgan fingerprint density at radius 2 is 1.69 bits per heavy atom. The Bertz CT molecular complexity index is 1040. The fraction of sp³-hybridized carbons (Fsp3) is 0.423. The molecule has 2 N–H and O–H groups in total. The van der Waals surface area contributed by atoms with Crippen LogP contribution in [0.5, 0.6) is 5.75 Å². The molecule has 0 unspecified atom stereocenters. The second-order valence-corrected chi connectivity index (χ2v) is 10.4. The van der Waals surface area contributed by atoms with Gasteiger partial charge in [0.15, 0.2) is 6.04 Å². The molecule has 2 rings (SSSR count). The van der Waals surface area contributed by atoms with E-state index in [0.717, 1.165) is 4.47 Å². The highest BCUT2D eigenvalue weighted by Gasteiger charge is 2.36. The summed E-state index contributed by atoms with van der Waals surface area (Å²) >= 11 is 3.40. The van der Waals surface area contributed by atoms with Gasteiger partial charge >= 0.3 is 12.2 Å².